The Kier molecular flexibility index (Phi) is 4.24. The van der Waals surface area contributed by atoms with Crippen LogP contribution in [0.3, 0.4) is 0 Å². The first-order valence-electron chi connectivity index (χ1n) is 7.79. The van der Waals surface area contributed by atoms with Gasteiger partial charge >= 0.3 is 0 Å². The number of amides is 1. The van der Waals surface area contributed by atoms with E-state index in [1.165, 1.54) is 11.1 Å². The molecule has 1 aliphatic rings. The van der Waals surface area contributed by atoms with E-state index in [0.29, 0.717) is 12.5 Å². The minimum Gasteiger partial charge on any atom is -0.368 e. The van der Waals surface area contributed by atoms with Crippen LogP contribution < -0.4 is 11.5 Å². The smallest absolute Gasteiger partial charge is 0.239 e. The van der Waals surface area contributed by atoms with Crippen LogP contribution in [0.5, 0.6) is 0 Å². The van der Waals surface area contributed by atoms with Crippen molar-refractivity contribution in [3.05, 3.63) is 52.8 Å². The fourth-order valence-corrected chi connectivity index (χ4v) is 3.39. The first-order valence-corrected chi connectivity index (χ1v) is 7.79. The standard InChI is InChI=1S/C17H22N4O/c18-10-13-7-4-8-15-17(13)14(20-21(15)11-16(19)22)9-12-5-2-1-3-6-12/h1-3,5-6,13H,4,7-11,18H2,(H2,19,22). The van der Waals surface area contributed by atoms with Crippen molar-refractivity contribution < 1.29 is 4.79 Å². The van der Waals surface area contributed by atoms with Gasteiger partial charge in [-0.05, 0) is 37.3 Å². The molecular weight excluding hydrogens is 276 g/mol. The number of aromatic nitrogens is 2. The highest BCUT2D eigenvalue weighted by atomic mass is 16.1. The molecule has 5 heteroatoms. The maximum absolute atomic E-state index is 11.3. The van der Waals surface area contributed by atoms with Crippen LogP contribution >= 0.6 is 0 Å². The molecular formula is C17H22N4O. The summed E-state index contributed by atoms with van der Waals surface area (Å²) in [7, 11) is 0. The summed E-state index contributed by atoms with van der Waals surface area (Å²) in [6, 6.07) is 10.3. The van der Waals surface area contributed by atoms with Crippen molar-refractivity contribution >= 4 is 5.91 Å². The first-order chi connectivity index (χ1) is 10.7. The van der Waals surface area contributed by atoms with Gasteiger partial charge in [0.15, 0.2) is 0 Å². The number of carbonyl (C=O) groups excluding carboxylic acids is 1. The number of nitrogens with zero attached hydrogens (tertiary/aromatic N) is 2. The number of rotatable bonds is 5. The second-order valence-electron chi connectivity index (χ2n) is 5.92. The van der Waals surface area contributed by atoms with Crippen LogP contribution in [0.25, 0.3) is 0 Å². The van der Waals surface area contributed by atoms with Crippen LogP contribution in [0.1, 0.15) is 41.3 Å². The fraction of sp³-hybridized carbons (Fsp3) is 0.412. The summed E-state index contributed by atoms with van der Waals surface area (Å²) < 4.78 is 1.79. The largest absolute Gasteiger partial charge is 0.368 e. The van der Waals surface area contributed by atoms with Gasteiger partial charge in [0.1, 0.15) is 6.54 Å². The molecule has 1 atom stereocenters. The third kappa shape index (κ3) is 2.90. The first kappa shape index (κ1) is 14.8. The molecule has 1 aromatic heterocycles. The maximum atomic E-state index is 11.3. The second kappa shape index (κ2) is 6.32. The van der Waals surface area contributed by atoms with Crippen LogP contribution in [-0.2, 0) is 24.2 Å². The topological polar surface area (TPSA) is 86.9 Å². The molecule has 1 unspecified atom stereocenters. The van der Waals surface area contributed by atoms with Crippen molar-refractivity contribution in [3.63, 3.8) is 0 Å². The highest BCUT2D eigenvalue weighted by Crippen LogP contribution is 2.34. The zero-order valence-corrected chi connectivity index (χ0v) is 12.7. The van der Waals surface area contributed by atoms with Crippen molar-refractivity contribution in [1.29, 1.82) is 0 Å². The predicted molar refractivity (Wildman–Crippen MR) is 85.4 cm³/mol. The monoisotopic (exact) mass is 298 g/mol. The highest BCUT2D eigenvalue weighted by molar-refractivity contribution is 5.73. The molecule has 116 valence electrons. The molecule has 0 spiro atoms. The lowest BCUT2D eigenvalue weighted by Crippen LogP contribution is -2.23. The summed E-state index contributed by atoms with van der Waals surface area (Å²) in [5.74, 6) is -0.0180. The molecule has 0 saturated carbocycles. The number of benzene rings is 1. The van der Waals surface area contributed by atoms with E-state index in [1.807, 2.05) is 18.2 Å². The molecule has 0 bridgehead atoms. The summed E-state index contributed by atoms with van der Waals surface area (Å²) in [5.41, 5.74) is 16.0. The molecule has 0 fully saturated rings. The Morgan fingerprint density at radius 3 is 2.77 bits per heavy atom. The lowest BCUT2D eigenvalue weighted by atomic mass is 9.84. The third-order valence-corrected chi connectivity index (χ3v) is 4.35. The van der Waals surface area contributed by atoms with Gasteiger partial charge < -0.3 is 11.5 Å². The summed E-state index contributed by atoms with van der Waals surface area (Å²) >= 11 is 0. The average molecular weight is 298 g/mol. The van der Waals surface area contributed by atoms with Gasteiger partial charge in [-0.3, -0.25) is 9.48 Å². The maximum Gasteiger partial charge on any atom is 0.239 e. The normalized spacial score (nSPS) is 17.2. The van der Waals surface area contributed by atoms with Crippen LogP contribution in [0.2, 0.25) is 0 Å². The quantitative estimate of drug-likeness (QED) is 0.873. The van der Waals surface area contributed by atoms with Crippen LogP contribution in [0.4, 0.5) is 0 Å². The summed E-state index contributed by atoms with van der Waals surface area (Å²) in [4.78, 5) is 11.3. The summed E-state index contributed by atoms with van der Waals surface area (Å²) in [5, 5.41) is 4.69. The zero-order valence-electron chi connectivity index (χ0n) is 12.7. The van der Waals surface area contributed by atoms with Gasteiger partial charge in [0.05, 0.1) is 5.69 Å². The number of hydrogen-bond donors (Lipinski definition) is 2. The van der Waals surface area contributed by atoms with Crippen LogP contribution in [-0.4, -0.2) is 22.2 Å². The van der Waals surface area contributed by atoms with E-state index in [-0.39, 0.29) is 12.5 Å². The Hall–Kier alpha value is -2.14. The molecule has 4 N–H and O–H groups in total. The van der Waals surface area contributed by atoms with Gasteiger partial charge in [0, 0.05) is 17.7 Å². The van der Waals surface area contributed by atoms with Crippen molar-refractivity contribution in [1.82, 2.24) is 9.78 Å². The molecule has 22 heavy (non-hydrogen) atoms. The molecule has 0 radical (unpaired) electrons. The molecule has 0 saturated heterocycles. The lowest BCUT2D eigenvalue weighted by molar-refractivity contribution is -0.118. The van der Waals surface area contributed by atoms with E-state index in [4.69, 9.17) is 11.5 Å². The highest BCUT2D eigenvalue weighted by Gasteiger charge is 2.28. The molecule has 5 nitrogen and oxygen atoms in total. The molecule has 1 aromatic carbocycles. The number of hydrogen-bond acceptors (Lipinski definition) is 3. The Labute approximate surface area is 130 Å². The number of nitrogens with two attached hydrogens (primary N) is 2. The van der Waals surface area contributed by atoms with Gasteiger partial charge in [-0.15, -0.1) is 0 Å². The SMILES string of the molecule is NCC1CCCc2c1c(Cc1ccccc1)nn2CC(N)=O. The molecule has 3 rings (SSSR count). The molecule has 1 amide bonds. The molecule has 1 aliphatic carbocycles. The minimum absolute atomic E-state index is 0.147. The van der Waals surface area contributed by atoms with Crippen molar-refractivity contribution in [2.75, 3.05) is 6.54 Å². The van der Waals surface area contributed by atoms with Gasteiger partial charge in [0.2, 0.25) is 5.91 Å². The zero-order chi connectivity index (χ0) is 15.5. The van der Waals surface area contributed by atoms with Crippen LogP contribution in [0, 0.1) is 0 Å². The van der Waals surface area contributed by atoms with Gasteiger partial charge in [-0.1, -0.05) is 30.3 Å². The lowest BCUT2D eigenvalue weighted by Gasteiger charge is -2.22. The molecule has 0 aliphatic heterocycles. The van der Waals surface area contributed by atoms with E-state index < -0.39 is 0 Å². The van der Waals surface area contributed by atoms with Gasteiger partial charge in [-0.25, -0.2) is 0 Å². The third-order valence-electron chi connectivity index (χ3n) is 4.35. The van der Waals surface area contributed by atoms with E-state index in [2.05, 4.69) is 17.2 Å². The van der Waals surface area contributed by atoms with E-state index >= 15 is 0 Å². The van der Waals surface area contributed by atoms with E-state index in [0.717, 1.165) is 37.1 Å². The summed E-state index contributed by atoms with van der Waals surface area (Å²) in [6.45, 7) is 0.769. The number of carbonyl (C=O) groups is 1. The van der Waals surface area contributed by atoms with Gasteiger partial charge in [0.25, 0.3) is 0 Å². The van der Waals surface area contributed by atoms with Crippen molar-refractivity contribution in [2.45, 2.75) is 38.1 Å². The van der Waals surface area contributed by atoms with E-state index in [1.54, 1.807) is 4.68 Å². The van der Waals surface area contributed by atoms with Crippen molar-refractivity contribution in [3.8, 4) is 0 Å². The Morgan fingerprint density at radius 1 is 1.32 bits per heavy atom. The second-order valence-corrected chi connectivity index (χ2v) is 5.92. The summed E-state index contributed by atoms with van der Waals surface area (Å²) in [6.07, 6.45) is 3.89. The molecule has 1 heterocycles. The van der Waals surface area contributed by atoms with Crippen LogP contribution in [0.15, 0.2) is 30.3 Å². The number of primary amides is 1. The average Bonchev–Trinajstić information content (AvgIpc) is 2.85. The number of fused-ring (bicyclic) bond motifs is 1. The predicted octanol–water partition coefficient (Wildman–Crippen LogP) is 1.34. The minimum atomic E-state index is -0.355. The van der Waals surface area contributed by atoms with Crippen molar-refractivity contribution in [2.24, 2.45) is 11.5 Å². The van der Waals surface area contributed by atoms with E-state index in [9.17, 15) is 4.79 Å². The Balaban J connectivity index is 2.01. The fourth-order valence-electron chi connectivity index (χ4n) is 3.39. The molecule has 2 aromatic rings. The Bertz CT molecular complexity index is 663. The van der Waals surface area contributed by atoms with Gasteiger partial charge in [-0.2, -0.15) is 5.10 Å². The Morgan fingerprint density at radius 2 is 2.09 bits per heavy atom.